The fourth-order valence-corrected chi connectivity index (χ4v) is 4.22. The highest BCUT2D eigenvalue weighted by Crippen LogP contribution is 2.34. The second kappa shape index (κ2) is 13.0. The predicted octanol–water partition coefficient (Wildman–Crippen LogP) is 6.39. The number of hydrogen-bond acceptors (Lipinski definition) is 7. The number of anilines is 1. The van der Waals surface area contributed by atoms with Crippen LogP contribution < -0.4 is 10.1 Å². The summed E-state index contributed by atoms with van der Waals surface area (Å²) in [5, 5.41) is 2.80. The SMILES string of the molecule is CCCc1cccc(C(=O)C(Cc2cccc(C(=O)OC)n2)c2ccc(OC)cc2NC(=O)OC(C)(C)C)c1. The van der Waals surface area contributed by atoms with Crippen LogP contribution in [0.25, 0.3) is 0 Å². The molecule has 1 N–H and O–H groups in total. The van der Waals surface area contributed by atoms with Crippen LogP contribution in [-0.4, -0.2) is 42.7 Å². The minimum atomic E-state index is -0.738. The van der Waals surface area contributed by atoms with Crippen molar-refractivity contribution in [2.45, 2.75) is 58.5 Å². The summed E-state index contributed by atoms with van der Waals surface area (Å²) in [6.45, 7) is 7.40. The van der Waals surface area contributed by atoms with Crippen molar-refractivity contribution in [1.29, 1.82) is 0 Å². The van der Waals surface area contributed by atoms with E-state index in [9.17, 15) is 14.4 Å². The number of ketones is 1. The number of Topliss-reactive ketones (excluding diaryl/α,β-unsaturated/α-hetero) is 1. The maximum atomic E-state index is 14.1. The molecule has 0 aliphatic rings. The molecular formula is C31H36N2O6. The van der Waals surface area contributed by atoms with E-state index in [0.717, 1.165) is 18.4 Å². The molecule has 1 atom stereocenters. The number of nitrogens with one attached hydrogen (secondary N) is 1. The molecule has 0 spiro atoms. The standard InChI is InChI=1S/C31H36N2O6/c1-7-10-20-11-8-12-21(17-20)28(34)25(18-22-13-9-14-26(32-22)29(35)38-6)24-16-15-23(37-5)19-27(24)33-30(36)39-31(2,3)4/h8-9,11-17,19,25H,7,10,18H2,1-6H3,(H,33,36). The number of nitrogens with zero attached hydrogens (tertiary/aromatic N) is 1. The maximum absolute atomic E-state index is 14.1. The monoisotopic (exact) mass is 532 g/mol. The molecule has 0 saturated heterocycles. The molecule has 3 rings (SSSR count). The van der Waals surface area contributed by atoms with Gasteiger partial charge in [0.2, 0.25) is 0 Å². The molecule has 0 radical (unpaired) electrons. The van der Waals surface area contributed by atoms with Crippen LogP contribution in [-0.2, 0) is 22.3 Å². The molecule has 39 heavy (non-hydrogen) atoms. The lowest BCUT2D eigenvalue weighted by molar-refractivity contribution is 0.0591. The highest BCUT2D eigenvalue weighted by atomic mass is 16.6. The van der Waals surface area contributed by atoms with E-state index >= 15 is 0 Å². The zero-order valence-corrected chi connectivity index (χ0v) is 23.4. The number of methoxy groups -OCH3 is 2. The maximum Gasteiger partial charge on any atom is 0.412 e. The lowest BCUT2D eigenvalue weighted by Gasteiger charge is -2.23. The van der Waals surface area contributed by atoms with Crippen molar-refractivity contribution in [3.05, 3.63) is 88.7 Å². The van der Waals surface area contributed by atoms with E-state index in [-0.39, 0.29) is 17.9 Å². The number of aromatic nitrogens is 1. The van der Waals surface area contributed by atoms with Crippen LogP contribution in [0.5, 0.6) is 5.75 Å². The zero-order valence-electron chi connectivity index (χ0n) is 23.4. The van der Waals surface area contributed by atoms with Gasteiger partial charge in [0.25, 0.3) is 0 Å². The minimum absolute atomic E-state index is 0.143. The van der Waals surface area contributed by atoms with E-state index in [1.54, 1.807) is 63.2 Å². The van der Waals surface area contributed by atoms with Crippen molar-refractivity contribution in [1.82, 2.24) is 4.98 Å². The Hall–Kier alpha value is -4.20. The normalized spacial score (nSPS) is 11.8. The number of pyridine rings is 1. The fourth-order valence-electron chi connectivity index (χ4n) is 4.22. The molecule has 1 unspecified atom stereocenters. The smallest absolute Gasteiger partial charge is 0.412 e. The number of aryl methyl sites for hydroxylation is 1. The quantitative estimate of drug-likeness (QED) is 0.238. The summed E-state index contributed by atoms with van der Waals surface area (Å²) in [5.41, 5.74) is 2.53. The minimum Gasteiger partial charge on any atom is -0.497 e. The summed E-state index contributed by atoms with van der Waals surface area (Å²) in [6, 6.07) is 17.7. The highest BCUT2D eigenvalue weighted by Gasteiger charge is 2.28. The van der Waals surface area contributed by atoms with Crippen molar-refractivity contribution < 1.29 is 28.6 Å². The van der Waals surface area contributed by atoms with Crippen LogP contribution in [0.15, 0.2) is 60.7 Å². The number of ether oxygens (including phenoxy) is 3. The van der Waals surface area contributed by atoms with Crippen molar-refractivity contribution in [2.24, 2.45) is 0 Å². The van der Waals surface area contributed by atoms with Gasteiger partial charge in [-0.15, -0.1) is 0 Å². The van der Waals surface area contributed by atoms with Crippen LogP contribution in [0, 0.1) is 0 Å². The van der Waals surface area contributed by atoms with Gasteiger partial charge in [0, 0.05) is 23.7 Å². The molecule has 2 aromatic carbocycles. The molecule has 0 aliphatic heterocycles. The summed E-state index contributed by atoms with van der Waals surface area (Å²) < 4.78 is 15.7. The van der Waals surface area contributed by atoms with Crippen LogP contribution in [0.3, 0.4) is 0 Å². The molecule has 8 nitrogen and oxygen atoms in total. The third-order valence-electron chi connectivity index (χ3n) is 5.95. The molecule has 0 saturated carbocycles. The predicted molar refractivity (Wildman–Crippen MR) is 150 cm³/mol. The third kappa shape index (κ3) is 8.14. The Labute approximate surface area is 229 Å². The van der Waals surface area contributed by atoms with Crippen molar-refractivity contribution in [2.75, 3.05) is 19.5 Å². The number of amides is 1. The number of carbonyl (C=O) groups excluding carboxylic acids is 3. The van der Waals surface area contributed by atoms with Crippen LogP contribution in [0.1, 0.15) is 77.7 Å². The fraction of sp³-hybridized carbons (Fsp3) is 0.355. The number of esters is 1. The average molecular weight is 533 g/mol. The second-order valence-electron chi connectivity index (χ2n) is 10.2. The lowest BCUT2D eigenvalue weighted by atomic mass is 9.85. The van der Waals surface area contributed by atoms with Gasteiger partial charge in [-0.25, -0.2) is 14.6 Å². The Balaban J connectivity index is 2.11. The Morgan fingerprint density at radius 2 is 1.72 bits per heavy atom. The summed E-state index contributed by atoms with van der Waals surface area (Å²) in [5.74, 6) is -0.941. The number of rotatable bonds is 10. The van der Waals surface area contributed by atoms with Gasteiger partial charge in [-0.1, -0.05) is 43.7 Å². The van der Waals surface area contributed by atoms with Crippen LogP contribution >= 0.6 is 0 Å². The van der Waals surface area contributed by atoms with Crippen molar-refractivity contribution in [3.63, 3.8) is 0 Å². The van der Waals surface area contributed by atoms with Gasteiger partial charge >= 0.3 is 12.1 Å². The van der Waals surface area contributed by atoms with Gasteiger partial charge in [-0.05, 0) is 62.6 Å². The molecule has 0 bridgehead atoms. The van der Waals surface area contributed by atoms with Crippen LogP contribution in [0.4, 0.5) is 10.5 Å². The molecule has 8 heteroatoms. The van der Waals surface area contributed by atoms with Gasteiger partial charge in [0.1, 0.15) is 17.0 Å². The molecule has 3 aromatic rings. The van der Waals surface area contributed by atoms with Gasteiger partial charge in [-0.2, -0.15) is 0 Å². The average Bonchev–Trinajstić information content (AvgIpc) is 2.90. The molecular weight excluding hydrogens is 496 g/mol. The first-order valence-corrected chi connectivity index (χ1v) is 12.9. The Kier molecular flexibility index (Phi) is 9.82. The summed E-state index contributed by atoms with van der Waals surface area (Å²) in [6.07, 6.45) is 1.33. The molecule has 1 heterocycles. The summed E-state index contributed by atoms with van der Waals surface area (Å²) in [4.78, 5) is 43.4. The van der Waals surface area contributed by atoms with E-state index in [0.29, 0.717) is 28.3 Å². The first-order chi connectivity index (χ1) is 18.5. The molecule has 0 aliphatic carbocycles. The van der Waals surface area contributed by atoms with E-state index in [1.165, 1.54) is 14.2 Å². The lowest BCUT2D eigenvalue weighted by Crippen LogP contribution is -2.28. The number of carbonyl (C=O) groups is 3. The molecule has 1 amide bonds. The summed E-state index contributed by atoms with van der Waals surface area (Å²) >= 11 is 0. The van der Waals surface area contributed by atoms with Gasteiger partial charge in [0.15, 0.2) is 5.78 Å². The van der Waals surface area contributed by atoms with Crippen molar-refractivity contribution >= 4 is 23.5 Å². The van der Waals surface area contributed by atoms with Gasteiger partial charge < -0.3 is 14.2 Å². The number of benzene rings is 2. The largest absolute Gasteiger partial charge is 0.497 e. The van der Waals surface area contributed by atoms with E-state index in [2.05, 4.69) is 17.2 Å². The topological polar surface area (TPSA) is 104 Å². The highest BCUT2D eigenvalue weighted by molar-refractivity contribution is 6.02. The van der Waals surface area contributed by atoms with E-state index < -0.39 is 23.6 Å². The van der Waals surface area contributed by atoms with E-state index in [4.69, 9.17) is 14.2 Å². The third-order valence-corrected chi connectivity index (χ3v) is 5.95. The van der Waals surface area contributed by atoms with Crippen LogP contribution in [0.2, 0.25) is 0 Å². The Morgan fingerprint density at radius 1 is 0.974 bits per heavy atom. The summed E-state index contributed by atoms with van der Waals surface area (Å²) in [7, 11) is 2.81. The Morgan fingerprint density at radius 3 is 2.38 bits per heavy atom. The second-order valence-corrected chi connectivity index (χ2v) is 10.2. The van der Waals surface area contributed by atoms with E-state index in [1.807, 2.05) is 18.2 Å². The Bertz CT molecular complexity index is 1330. The first kappa shape index (κ1) is 29.4. The van der Waals surface area contributed by atoms with Gasteiger partial charge in [-0.3, -0.25) is 10.1 Å². The molecule has 206 valence electrons. The van der Waals surface area contributed by atoms with Crippen molar-refractivity contribution in [3.8, 4) is 5.75 Å². The molecule has 0 fully saturated rings. The molecule has 1 aromatic heterocycles. The zero-order chi connectivity index (χ0) is 28.6. The first-order valence-electron chi connectivity index (χ1n) is 12.9. The number of hydrogen-bond donors (Lipinski definition) is 1. The van der Waals surface area contributed by atoms with Gasteiger partial charge in [0.05, 0.1) is 25.8 Å².